The Hall–Kier alpha value is -0.885. The van der Waals surface area contributed by atoms with E-state index in [9.17, 15) is 0 Å². The number of fused-ring (bicyclic) bond motifs is 1. The van der Waals surface area contributed by atoms with Gasteiger partial charge in [0.1, 0.15) is 4.60 Å². The number of hydrogen-bond donors (Lipinski definition) is 0. The molecule has 4 rings (SSSR count). The fourth-order valence-corrected chi connectivity index (χ4v) is 3.87. The lowest BCUT2D eigenvalue weighted by molar-refractivity contribution is -0.0368. The molecule has 1 atom stereocenters. The lowest BCUT2D eigenvalue weighted by atomic mass is 9.79. The molecule has 0 amide bonds. The van der Waals surface area contributed by atoms with Gasteiger partial charge in [0.2, 0.25) is 0 Å². The van der Waals surface area contributed by atoms with Gasteiger partial charge in [-0.1, -0.05) is 12.1 Å². The zero-order valence-corrected chi connectivity index (χ0v) is 16.8. The van der Waals surface area contributed by atoms with Gasteiger partial charge >= 0.3 is 7.12 Å². The van der Waals surface area contributed by atoms with Crippen molar-refractivity contribution in [3.63, 3.8) is 0 Å². The van der Waals surface area contributed by atoms with Crippen LogP contribution in [0.4, 0.5) is 0 Å². The fraction of sp³-hybridized carbons (Fsp3) is 0.611. The van der Waals surface area contributed by atoms with E-state index >= 15 is 0 Å². The summed E-state index contributed by atoms with van der Waals surface area (Å²) < 4.78 is 21.1. The third-order valence-corrected chi connectivity index (χ3v) is 6.22. The quantitative estimate of drug-likeness (QED) is 0.711. The third-order valence-electron chi connectivity index (χ3n) is 5.64. The van der Waals surface area contributed by atoms with Crippen LogP contribution in [0.2, 0.25) is 0 Å². The van der Waals surface area contributed by atoms with Crippen molar-refractivity contribution in [3.8, 4) is 0 Å². The van der Waals surface area contributed by atoms with E-state index in [1.54, 1.807) is 0 Å². The van der Waals surface area contributed by atoms with Crippen LogP contribution in [0, 0.1) is 0 Å². The average Bonchev–Trinajstić information content (AvgIpc) is 3.01. The summed E-state index contributed by atoms with van der Waals surface area (Å²) >= 11 is 3.60. The zero-order valence-electron chi connectivity index (χ0n) is 15.2. The molecule has 0 bridgehead atoms. The standard InChI is InChI=1S/C18H24BBrN2O3/c1-17(2)18(3,4)25-19(24-17)12-8-9-14-13(11-12)16(20)21-22(14)15-7-5-6-10-23-15/h8-9,11,15H,5-7,10H2,1-4H3. The van der Waals surface area contributed by atoms with Gasteiger partial charge in [-0.15, -0.1) is 0 Å². The molecule has 2 aliphatic rings. The van der Waals surface area contributed by atoms with Crippen molar-refractivity contribution in [1.29, 1.82) is 0 Å². The van der Waals surface area contributed by atoms with E-state index < -0.39 is 0 Å². The van der Waals surface area contributed by atoms with Crippen LogP contribution in [0.25, 0.3) is 10.9 Å². The topological polar surface area (TPSA) is 45.5 Å². The van der Waals surface area contributed by atoms with Crippen molar-refractivity contribution in [2.24, 2.45) is 0 Å². The summed E-state index contributed by atoms with van der Waals surface area (Å²) in [4.78, 5) is 0. The Bertz CT molecular complexity index is 783. The first-order valence-electron chi connectivity index (χ1n) is 8.93. The van der Waals surface area contributed by atoms with E-state index in [1.807, 2.05) is 4.68 Å². The van der Waals surface area contributed by atoms with Crippen LogP contribution in [0.5, 0.6) is 0 Å². The SMILES string of the molecule is CC1(C)OB(c2ccc3c(c2)c(Br)nn3C2CCCCO2)OC1(C)C. The first-order valence-corrected chi connectivity index (χ1v) is 9.73. The summed E-state index contributed by atoms with van der Waals surface area (Å²) in [6, 6.07) is 6.26. The largest absolute Gasteiger partial charge is 0.494 e. The van der Waals surface area contributed by atoms with Gasteiger partial charge in [-0.25, -0.2) is 4.68 Å². The summed E-state index contributed by atoms with van der Waals surface area (Å²) in [5.74, 6) is 0. The van der Waals surface area contributed by atoms with Gasteiger partial charge in [-0.05, 0) is 74.4 Å². The lowest BCUT2D eigenvalue weighted by Crippen LogP contribution is -2.41. The molecule has 1 aromatic heterocycles. The second-order valence-corrected chi connectivity index (χ2v) is 8.67. The Balaban J connectivity index is 1.69. The number of rotatable bonds is 2. The van der Waals surface area contributed by atoms with Gasteiger partial charge in [0.15, 0.2) is 6.23 Å². The highest BCUT2D eigenvalue weighted by Gasteiger charge is 2.51. The Morgan fingerprint density at radius 2 is 1.88 bits per heavy atom. The molecule has 0 spiro atoms. The first kappa shape index (κ1) is 17.5. The summed E-state index contributed by atoms with van der Waals surface area (Å²) in [7, 11) is -0.365. The van der Waals surface area contributed by atoms with Gasteiger partial charge < -0.3 is 14.0 Å². The normalized spacial score (nSPS) is 25.6. The number of ether oxygens (including phenoxy) is 1. The molecule has 2 fully saturated rings. The minimum atomic E-state index is -0.365. The summed E-state index contributed by atoms with van der Waals surface area (Å²) in [6.45, 7) is 9.08. The molecule has 1 aromatic carbocycles. The number of benzene rings is 1. The predicted molar refractivity (Wildman–Crippen MR) is 102 cm³/mol. The fourth-order valence-electron chi connectivity index (χ4n) is 3.38. The maximum absolute atomic E-state index is 6.17. The van der Waals surface area contributed by atoms with Crippen LogP contribution in [0.15, 0.2) is 22.8 Å². The van der Waals surface area contributed by atoms with E-state index in [2.05, 4.69) is 66.9 Å². The van der Waals surface area contributed by atoms with Crippen molar-refractivity contribution >= 4 is 39.4 Å². The van der Waals surface area contributed by atoms with E-state index in [1.165, 1.54) is 6.42 Å². The van der Waals surface area contributed by atoms with E-state index in [0.29, 0.717) is 0 Å². The summed E-state index contributed by atoms with van der Waals surface area (Å²) in [5.41, 5.74) is 1.39. The Morgan fingerprint density at radius 3 is 2.52 bits per heavy atom. The molecule has 0 aliphatic carbocycles. The minimum Gasteiger partial charge on any atom is -0.399 e. The summed E-state index contributed by atoms with van der Waals surface area (Å²) in [6.07, 6.45) is 3.33. The maximum atomic E-state index is 6.17. The maximum Gasteiger partial charge on any atom is 0.494 e. The molecule has 1 unspecified atom stereocenters. The second kappa shape index (κ2) is 6.08. The van der Waals surface area contributed by atoms with Crippen LogP contribution in [-0.2, 0) is 14.0 Å². The molecular weight excluding hydrogens is 383 g/mol. The van der Waals surface area contributed by atoms with Crippen molar-refractivity contribution in [2.45, 2.75) is 64.4 Å². The zero-order chi connectivity index (χ0) is 17.8. The molecule has 5 nitrogen and oxygen atoms in total. The number of aromatic nitrogens is 2. The Labute approximate surface area is 157 Å². The molecule has 3 heterocycles. The molecule has 2 aliphatic heterocycles. The Morgan fingerprint density at radius 1 is 1.16 bits per heavy atom. The second-order valence-electron chi connectivity index (χ2n) is 7.92. The number of nitrogens with zero attached hydrogens (tertiary/aromatic N) is 2. The average molecular weight is 407 g/mol. The first-order chi connectivity index (χ1) is 11.8. The molecular formula is C18H24BBrN2O3. The van der Waals surface area contributed by atoms with Crippen LogP contribution >= 0.6 is 15.9 Å². The molecule has 0 saturated carbocycles. The van der Waals surface area contributed by atoms with Gasteiger partial charge in [0.05, 0.1) is 16.7 Å². The molecule has 2 saturated heterocycles. The monoisotopic (exact) mass is 406 g/mol. The van der Waals surface area contributed by atoms with E-state index in [0.717, 1.165) is 40.4 Å². The van der Waals surface area contributed by atoms with Crippen LogP contribution in [-0.4, -0.2) is 34.7 Å². The highest BCUT2D eigenvalue weighted by Crippen LogP contribution is 2.37. The van der Waals surface area contributed by atoms with E-state index in [4.69, 9.17) is 14.0 Å². The van der Waals surface area contributed by atoms with E-state index in [-0.39, 0.29) is 24.5 Å². The van der Waals surface area contributed by atoms with Gasteiger partial charge in [0.25, 0.3) is 0 Å². The molecule has 0 radical (unpaired) electrons. The highest BCUT2D eigenvalue weighted by molar-refractivity contribution is 9.10. The van der Waals surface area contributed by atoms with Gasteiger partial charge in [-0.2, -0.15) is 5.10 Å². The molecule has 2 aromatic rings. The van der Waals surface area contributed by atoms with Crippen LogP contribution in [0.3, 0.4) is 0 Å². The van der Waals surface area contributed by atoms with Crippen LogP contribution < -0.4 is 5.46 Å². The Kier molecular flexibility index (Phi) is 4.26. The smallest absolute Gasteiger partial charge is 0.399 e. The van der Waals surface area contributed by atoms with Crippen LogP contribution in [0.1, 0.15) is 53.2 Å². The molecule has 7 heteroatoms. The lowest BCUT2D eigenvalue weighted by Gasteiger charge is -2.32. The van der Waals surface area contributed by atoms with Crippen molar-refractivity contribution in [1.82, 2.24) is 9.78 Å². The molecule has 0 N–H and O–H groups in total. The van der Waals surface area contributed by atoms with Crippen molar-refractivity contribution < 1.29 is 14.0 Å². The minimum absolute atomic E-state index is 0.0187. The predicted octanol–water partition coefficient (Wildman–Crippen LogP) is 3.80. The van der Waals surface area contributed by atoms with Gasteiger partial charge in [0, 0.05) is 12.0 Å². The van der Waals surface area contributed by atoms with Gasteiger partial charge in [-0.3, -0.25) is 0 Å². The third kappa shape index (κ3) is 2.95. The summed E-state index contributed by atoms with van der Waals surface area (Å²) in [5, 5.41) is 5.72. The molecule has 25 heavy (non-hydrogen) atoms. The number of hydrogen-bond acceptors (Lipinski definition) is 4. The van der Waals surface area contributed by atoms with Crippen molar-refractivity contribution in [3.05, 3.63) is 22.8 Å². The number of halogens is 1. The molecule has 134 valence electrons. The highest BCUT2D eigenvalue weighted by atomic mass is 79.9. The van der Waals surface area contributed by atoms with Crippen molar-refractivity contribution in [2.75, 3.05) is 6.61 Å².